The zero-order chi connectivity index (χ0) is 12.1. The lowest BCUT2D eigenvalue weighted by molar-refractivity contribution is -0.137. The van der Waals surface area contributed by atoms with E-state index in [0.29, 0.717) is 18.4 Å². The summed E-state index contributed by atoms with van der Waals surface area (Å²) in [4.78, 5) is 21.3. The van der Waals surface area contributed by atoms with Gasteiger partial charge in [-0.2, -0.15) is 0 Å². The van der Waals surface area contributed by atoms with Crippen molar-refractivity contribution >= 4 is 12.3 Å². The highest BCUT2D eigenvalue weighted by Gasteiger charge is 2.05. The van der Waals surface area contributed by atoms with Gasteiger partial charge in [0.15, 0.2) is 0 Å². The third kappa shape index (κ3) is 3.19. The van der Waals surface area contributed by atoms with Gasteiger partial charge in [-0.3, -0.25) is 9.59 Å². The number of hydrogen-bond donors (Lipinski definition) is 1. The number of carboxylic acids is 1. The van der Waals surface area contributed by atoms with E-state index < -0.39 is 5.97 Å². The normalized spacial score (nSPS) is 10.1. The van der Waals surface area contributed by atoms with Crippen molar-refractivity contribution in [2.75, 3.05) is 0 Å². The molecule has 0 saturated carbocycles. The molecule has 0 aromatic heterocycles. The molecule has 0 radical (unpaired) electrons. The molecule has 86 valence electrons. The van der Waals surface area contributed by atoms with Gasteiger partial charge in [0.1, 0.15) is 6.29 Å². The molecule has 0 saturated heterocycles. The summed E-state index contributed by atoms with van der Waals surface area (Å²) in [5.74, 6) is -0.795. The molecule has 0 amide bonds. The zero-order valence-corrected chi connectivity index (χ0v) is 9.62. The minimum Gasteiger partial charge on any atom is -0.481 e. The Hall–Kier alpha value is -1.64. The molecule has 0 unspecified atom stereocenters. The number of aldehydes is 1. The van der Waals surface area contributed by atoms with E-state index >= 15 is 0 Å². The maximum Gasteiger partial charge on any atom is 0.303 e. The number of hydrogen-bond acceptors (Lipinski definition) is 2. The van der Waals surface area contributed by atoms with Crippen molar-refractivity contribution in [3.05, 3.63) is 34.4 Å². The maximum absolute atomic E-state index is 10.9. The summed E-state index contributed by atoms with van der Waals surface area (Å²) in [6.07, 6.45) is 2.19. The Labute approximate surface area is 95.1 Å². The third-order valence-corrected chi connectivity index (χ3v) is 2.72. The SMILES string of the molecule is Cc1cc(C=O)c(CCCC(=O)O)cc1C. The predicted molar refractivity (Wildman–Crippen MR) is 61.9 cm³/mol. The van der Waals surface area contributed by atoms with Crippen LogP contribution in [0.3, 0.4) is 0 Å². The predicted octanol–water partition coefficient (Wildman–Crippen LogP) is 2.52. The van der Waals surface area contributed by atoms with E-state index in [1.54, 1.807) is 0 Å². The number of rotatable bonds is 5. The fraction of sp³-hybridized carbons (Fsp3) is 0.385. The minimum absolute atomic E-state index is 0.144. The molecular formula is C13H16O3. The van der Waals surface area contributed by atoms with Crippen LogP contribution in [-0.2, 0) is 11.2 Å². The molecule has 3 heteroatoms. The standard InChI is InChI=1S/C13H16O3/c1-9-6-11(4-3-5-13(15)16)12(8-14)7-10(9)2/h6-8H,3-5H2,1-2H3,(H,15,16). The van der Waals surface area contributed by atoms with Crippen molar-refractivity contribution in [3.8, 4) is 0 Å². The molecule has 0 bridgehead atoms. The summed E-state index contributed by atoms with van der Waals surface area (Å²) in [6, 6.07) is 3.83. The average Bonchev–Trinajstić information content (AvgIpc) is 2.22. The van der Waals surface area contributed by atoms with E-state index in [-0.39, 0.29) is 6.42 Å². The van der Waals surface area contributed by atoms with Crippen molar-refractivity contribution in [2.45, 2.75) is 33.1 Å². The highest BCUT2D eigenvalue weighted by atomic mass is 16.4. The van der Waals surface area contributed by atoms with E-state index in [9.17, 15) is 9.59 Å². The largest absolute Gasteiger partial charge is 0.481 e. The molecule has 0 fully saturated rings. The van der Waals surface area contributed by atoms with Gasteiger partial charge < -0.3 is 5.11 Å². The van der Waals surface area contributed by atoms with Gasteiger partial charge in [-0.1, -0.05) is 6.07 Å². The molecule has 0 aliphatic rings. The quantitative estimate of drug-likeness (QED) is 0.776. The lowest BCUT2D eigenvalue weighted by Crippen LogP contribution is -2.00. The van der Waals surface area contributed by atoms with Gasteiger partial charge in [-0.25, -0.2) is 0 Å². The van der Waals surface area contributed by atoms with E-state index in [2.05, 4.69) is 0 Å². The van der Waals surface area contributed by atoms with Crippen molar-refractivity contribution in [1.29, 1.82) is 0 Å². The smallest absolute Gasteiger partial charge is 0.303 e. The van der Waals surface area contributed by atoms with Gasteiger partial charge in [0.2, 0.25) is 0 Å². The zero-order valence-electron chi connectivity index (χ0n) is 9.62. The van der Waals surface area contributed by atoms with Crippen LogP contribution in [0.5, 0.6) is 0 Å². The van der Waals surface area contributed by atoms with E-state index in [1.807, 2.05) is 26.0 Å². The number of aryl methyl sites for hydroxylation is 3. The van der Waals surface area contributed by atoms with Crippen LogP contribution in [0.1, 0.15) is 39.9 Å². The van der Waals surface area contributed by atoms with Gasteiger partial charge in [-0.15, -0.1) is 0 Å². The Kier molecular flexibility index (Phi) is 4.23. The van der Waals surface area contributed by atoms with Crippen molar-refractivity contribution < 1.29 is 14.7 Å². The highest BCUT2D eigenvalue weighted by Crippen LogP contribution is 2.16. The van der Waals surface area contributed by atoms with Gasteiger partial charge in [0.05, 0.1) is 0 Å². The molecule has 0 aliphatic heterocycles. The monoisotopic (exact) mass is 220 g/mol. The molecular weight excluding hydrogens is 204 g/mol. The van der Waals surface area contributed by atoms with Gasteiger partial charge in [-0.05, 0) is 49.4 Å². The molecule has 1 aromatic rings. The lowest BCUT2D eigenvalue weighted by Gasteiger charge is -2.08. The molecule has 3 nitrogen and oxygen atoms in total. The van der Waals surface area contributed by atoms with Crippen LogP contribution >= 0.6 is 0 Å². The van der Waals surface area contributed by atoms with Crippen LogP contribution in [0.2, 0.25) is 0 Å². The van der Waals surface area contributed by atoms with Gasteiger partial charge in [0.25, 0.3) is 0 Å². The van der Waals surface area contributed by atoms with Crippen LogP contribution in [-0.4, -0.2) is 17.4 Å². The second kappa shape index (κ2) is 5.45. The molecule has 1 rings (SSSR count). The number of carbonyl (C=O) groups is 2. The third-order valence-electron chi connectivity index (χ3n) is 2.72. The second-order valence-corrected chi connectivity index (χ2v) is 4.00. The van der Waals surface area contributed by atoms with E-state index in [4.69, 9.17) is 5.11 Å². The molecule has 0 aliphatic carbocycles. The number of carboxylic acid groups (broad SMARTS) is 1. The summed E-state index contributed by atoms with van der Waals surface area (Å²) in [7, 11) is 0. The van der Waals surface area contributed by atoms with Crippen LogP contribution in [0.4, 0.5) is 0 Å². The Morgan fingerprint density at radius 1 is 1.31 bits per heavy atom. The summed E-state index contributed by atoms with van der Waals surface area (Å²) in [5, 5.41) is 8.55. The minimum atomic E-state index is -0.795. The fourth-order valence-corrected chi connectivity index (χ4v) is 1.65. The van der Waals surface area contributed by atoms with Crippen LogP contribution in [0.25, 0.3) is 0 Å². The summed E-state index contributed by atoms with van der Waals surface area (Å²) < 4.78 is 0. The Morgan fingerprint density at radius 3 is 2.50 bits per heavy atom. The first-order valence-corrected chi connectivity index (χ1v) is 5.31. The first kappa shape index (κ1) is 12.4. The topological polar surface area (TPSA) is 54.4 Å². The maximum atomic E-state index is 10.9. The molecule has 1 N–H and O–H groups in total. The Morgan fingerprint density at radius 2 is 1.94 bits per heavy atom. The highest BCUT2D eigenvalue weighted by molar-refractivity contribution is 5.78. The van der Waals surface area contributed by atoms with E-state index in [0.717, 1.165) is 23.0 Å². The Bertz CT molecular complexity index is 408. The molecule has 16 heavy (non-hydrogen) atoms. The fourth-order valence-electron chi connectivity index (χ4n) is 1.65. The van der Waals surface area contributed by atoms with Gasteiger partial charge >= 0.3 is 5.97 Å². The molecule has 0 heterocycles. The summed E-state index contributed by atoms with van der Waals surface area (Å²) in [6.45, 7) is 3.95. The summed E-state index contributed by atoms with van der Waals surface area (Å²) in [5.41, 5.74) is 3.84. The first-order chi connectivity index (χ1) is 7.54. The van der Waals surface area contributed by atoms with Crippen LogP contribution in [0, 0.1) is 13.8 Å². The first-order valence-electron chi connectivity index (χ1n) is 5.31. The van der Waals surface area contributed by atoms with E-state index in [1.165, 1.54) is 0 Å². The number of benzene rings is 1. The second-order valence-electron chi connectivity index (χ2n) is 4.00. The molecule has 0 spiro atoms. The van der Waals surface area contributed by atoms with Crippen molar-refractivity contribution in [3.63, 3.8) is 0 Å². The number of aliphatic carboxylic acids is 1. The molecule has 0 atom stereocenters. The molecule has 1 aromatic carbocycles. The summed E-state index contributed by atoms with van der Waals surface area (Å²) >= 11 is 0. The van der Waals surface area contributed by atoms with Crippen LogP contribution in [0.15, 0.2) is 12.1 Å². The Balaban J connectivity index is 2.82. The van der Waals surface area contributed by atoms with Crippen molar-refractivity contribution in [2.24, 2.45) is 0 Å². The van der Waals surface area contributed by atoms with Gasteiger partial charge in [0, 0.05) is 12.0 Å². The average molecular weight is 220 g/mol. The number of carbonyl (C=O) groups excluding carboxylic acids is 1. The lowest BCUT2D eigenvalue weighted by atomic mass is 9.97. The van der Waals surface area contributed by atoms with Crippen LogP contribution < -0.4 is 0 Å². The van der Waals surface area contributed by atoms with Crippen molar-refractivity contribution in [1.82, 2.24) is 0 Å².